The van der Waals surface area contributed by atoms with E-state index in [0.717, 1.165) is 18.7 Å². The Morgan fingerprint density at radius 2 is 2.44 bits per heavy atom. The maximum Gasteiger partial charge on any atom is 0.240 e. The van der Waals surface area contributed by atoms with E-state index in [4.69, 9.17) is 0 Å². The molecule has 2 N–H and O–H groups in total. The summed E-state index contributed by atoms with van der Waals surface area (Å²) >= 11 is 0. The quantitative estimate of drug-likeness (QED) is 0.845. The summed E-state index contributed by atoms with van der Waals surface area (Å²) in [6.07, 6.45) is 7.20. The van der Waals surface area contributed by atoms with Gasteiger partial charge in [0.25, 0.3) is 0 Å². The number of carbonyl (C=O) groups excluding carboxylic acids is 1. The Morgan fingerprint density at radius 1 is 1.61 bits per heavy atom. The highest BCUT2D eigenvalue weighted by molar-refractivity contribution is 5.76. The lowest BCUT2D eigenvalue weighted by atomic mass is 10.0. The van der Waals surface area contributed by atoms with Crippen molar-refractivity contribution >= 4 is 5.91 Å². The zero-order valence-electron chi connectivity index (χ0n) is 11.1. The molecule has 0 aliphatic carbocycles. The first-order chi connectivity index (χ1) is 8.66. The number of nitrogens with one attached hydrogen (secondary N) is 2. The number of nitrogens with zero attached hydrogens (tertiary/aromatic N) is 2. The largest absolute Gasteiger partial charge is 0.352 e. The SMILES string of the molecule is CC(C)NC(=O)Cn1cncc1C1CCCCN1. The molecule has 1 unspecified atom stereocenters. The molecule has 0 saturated carbocycles. The van der Waals surface area contributed by atoms with Gasteiger partial charge in [0.1, 0.15) is 6.54 Å². The van der Waals surface area contributed by atoms with E-state index in [1.54, 1.807) is 6.33 Å². The molecule has 0 bridgehead atoms. The molecule has 1 aliphatic rings. The standard InChI is InChI=1S/C13H22N4O/c1-10(2)16-13(18)8-17-9-14-7-12(17)11-5-3-4-6-15-11/h7,9-11,15H,3-6,8H2,1-2H3,(H,16,18). The van der Waals surface area contributed by atoms with E-state index in [2.05, 4.69) is 15.6 Å². The van der Waals surface area contributed by atoms with E-state index < -0.39 is 0 Å². The number of rotatable bonds is 4. The summed E-state index contributed by atoms with van der Waals surface area (Å²) in [5, 5.41) is 6.39. The van der Waals surface area contributed by atoms with Gasteiger partial charge >= 0.3 is 0 Å². The lowest BCUT2D eigenvalue weighted by molar-refractivity contribution is -0.122. The second-order valence-electron chi connectivity index (χ2n) is 5.17. The zero-order chi connectivity index (χ0) is 13.0. The van der Waals surface area contributed by atoms with Gasteiger partial charge in [-0.1, -0.05) is 6.42 Å². The number of imidazole rings is 1. The molecule has 1 aliphatic heterocycles. The first kappa shape index (κ1) is 13.1. The number of piperidine rings is 1. The van der Waals surface area contributed by atoms with Crippen molar-refractivity contribution < 1.29 is 4.79 Å². The Balaban J connectivity index is 2.00. The molecule has 5 nitrogen and oxygen atoms in total. The highest BCUT2D eigenvalue weighted by atomic mass is 16.2. The Bertz CT molecular complexity index is 393. The summed E-state index contributed by atoms with van der Waals surface area (Å²) in [4.78, 5) is 15.9. The molecule has 18 heavy (non-hydrogen) atoms. The van der Waals surface area contributed by atoms with Gasteiger partial charge in [0, 0.05) is 18.3 Å². The molecule has 1 amide bonds. The molecule has 1 atom stereocenters. The second-order valence-corrected chi connectivity index (χ2v) is 5.17. The smallest absolute Gasteiger partial charge is 0.240 e. The van der Waals surface area contributed by atoms with Gasteiger partial charge in [0.15, 0.2) is 0 Å². The Kier molecular flexibility index (Phi) is 4.36. The fraction of sp³-hybridized carbons (Fsp3) is 0.692. The van der Waals surface area contributed by atoms with Crippen LogP contribution in [0, 0.1) is 0 Å². The number of carbonyl (C=O) groups is 1. The number of aromatic nitrogens is 2. The number of hydrogen-bond donors (Lipinski definition) is 2. The third-order valence-electron chi connectivity index (χ3n) is 3.18. The molecule has 100 valence electrons. The molecule has 5 heteroatoms. The minimum absolute atomic E-state index is 0.0417. The van der Waals surface area contributed by atoms with Crippen LogP contribution in [0.3, 0.4) is 0 Å². The highest BCUT2D eigenvalue weighted by Gasteiger charge is 2.19. The van der Waals surface area contributed by atoms with Crippen molar-refractivity contribution in [1.82, 2.24) is 20.2 Å². The minimum Gasteiger partial charge on any atom is -0.352 e. The summed E-state index contributed by atoms with van der Waals surface area (Å²) in [5.41, 5.74) is 1.12. The zero-order valence-corrected chi connectivity index (χ0v) is 11.1. The van der Waals surface area contributed by atoms with Crippen LogP contribution in [0.15, 0.2) is 12.5 Å². The molecular formula is C13H22N4O. The lowest BCUT2D eigenvalue weighted by Gasteiger charge is -2.24. The van der Waals surface area contributed by atoms with Crippen LogP contribution in [0.5, 0.6) is 0 Å². The number of hydrogen-bond acceptors (Lipinski definition) is 3. The van der Waals surface area contributed by atoms with Crippen molar-refractivity contribution in [3.8, 4) is 0 Å². The van der Waals surface area contributed by atoms with Crippen LogP contribution < -0.4 is 10.6 Å². The molecule has 2 heterocycles. The summed E-state index contributed by atoms with van der Waals surface area (Å²) in [6.45, 7) is 5.34. The molecule has 0 radical (unpaired) electrons. The van der Waals surface area contributed by atoms with Gasteiger partial charge in [0.2, 0.25) is 5.91 Å². The van der Waals surface area contributed by atoms with Crippen molar-refractivity contribution in [3.05, 3.63) is 18.2 Å². The summed E-state index contributed by atoms with van der Waals surface area (Å²) < 4.78 is 1.95. The summed E-state index contributed by atoms with van der Waals surface area (Å²) in [7, 11) is 0. The molecular weight excluding hydrogens is 228 g/mol. The third kappa shape index (κ3) is 3.32. The maximum atomic E-state index is 11.8. The van der Waals surface area contributed by atoms with Gasteiger partial charge in [-0.25, -0.2) is 4.98 Å². The first-order valence-electron chi connectivity index (χ1n) is 6.69. The van der Waals surface area contributed by atoms with Crippen LogP contribution >= 0.6 is 0 Å². The van der Waals surface area contributed by atoms with E-state index in [-0.39, 0.29) is 11.9 Å². The van der Waals surface area contributed by atoms with E-state index in [1.165, 1.54) is 12.8 Å². The van der Waals surface area contributed by atoms with Gasteiger partial charge < -0.3 is 15.2 Å². The van der Waals surface area contributed by atoms with Crippen molar-refractivity contribution in [2.45, 2.75) is 51.7 Å². The molecule has 1 aromatic heterocycles. The molecule has 1 aromatic rings. The molecule has 2 rings (SSSR count). The number of amides is 1. The summed E-state index contributed by atoms with van der Waals surface area (Å²) in [6, 6.07) is 0.519. The van der Waals surface area contributed by atoms with Gasteiger partial charge in [0.05, 0.1) is 12.0 Å². The molecule has 1 saturated heterocycles. The van der Waals surface area contributed by atoms with Crippen molar-refractivity contribution in [1.29, 1.82) is 0 Å². The van der Waals surface area contributed by atoms with E-state index in [1.807, 2.05) is 24.6 Å². The Hall–Kier alpha value is -1.36. The topological polar surface area (TPSA) is 59.0 Å². The van der Waals surface area contributed by atoms with E-state index in [0.29, 0.717) is 12.6 Å². The highest BCUT2D eigenvalue weighted by Crippen LogP contribution is 2.22. The van der Waals surface area contributed by atoms with Crippen molar-refractivity contribution in [2.24, 2.45) is 0 Å². The molecule has 1 fully saturated rings. The third-order valence-corrected chi connectivity index (χ3v) is 3.18. The van der Waals surface area contributed by atoms with Gasteiger partial charge in [-0.05, 0) is 33.2 Å². The van der Waals surface area contributed by atoms with Crippen molar-refractivity contribution in [2.75, 3.05) is 6.54 Å². The monoisotopic (exact) mass is 250 g/mol. The van der Waals surface area contributed by atoms with E-state index in [9.17, 15) is 4.79 Å². The lowest BCUT2D eigenvalue weighted by Crippen LogP contribution is -2.34. The van der Waals surface area contributed by atoms with Crippen LogP contribution in [0.2, 0.25) is 0 Å². The average Bonchev–Trinajstić information content (AvgIpc) is 2.77. The first-order valence-corrected chi connectivity index (χ1v) is 6.69. The molecule has 0 spiro atoms. The second kappa shape index (κ2) is 6.00. The van der Waals surface area contributed by atoms with Gasteiger partial charge in [-0.3, -0.25) is 4.79 Å². The van der Waals surface area contributed by atoms with E-state index >= 15 is 0 Å². The molecule has 0 aromatic carbocycles. The van der Waals surface area contributed by atoms with Crippen molar-refractivity contribution in [3.63, 3.8) is 0 Å². The van der Waals surface area contributed by atoms with Crippen LogP contribution in [0.25, 0.3) is 0 Å². The Morgan fingerprint density at radius 3 is 3.11 bits per heavy atom. The van der Waals surface area contributed by atoms with Crippen LogP contribution in [-0.4, -0.2) is 28.0 Å². The fourth-order valence-corrected chi connectivity index (χ4v) is 2.38. The fourth-order valence-electron chi connectivity index (χ4n) is 2.38. The normalized spacial score (nSPS) is 20.1. The maximum absolute atomic E-state index is 11.8. The predicted molar refractivity (Wildman–Crippen MR) is 70.1 cm³/mol. The van der Waals surface area contributed by atoms with Gasteiger partial charge in [-0.15, -0.1) is 0 Å². The summed E-state index contributed by atoms with van der Waals surface area (Å²) in [5.74, 6) is 0.0417. The van der Waals surface area contributed by atoms with Gasteiger partial charge in [-0.2, -0.15) is 0 Å². The minimum atomic E-state index is 0.0417. The van der Waals surface area contributed by atoms with Crippen LogP contribution in [0.4, 0.5) is 0 Å². The van der Waals surface area contributed by atoms with Crippen LogP contribution in [-0.2, 0) is 11.3 Å². The van der Waals surface area contributed by atoms with Crippen LogP contribution in [0.1, 0.15) is 44.8 Å². The average molecular weight is 250 g/mol. The predicted octanol–water partition coefficient (Wildman–Crippen LogP) is 1.22. The Labute approximate surface area is 108 Å².